The summed E-state index contributed by atoms with van der Waals surface area (Å²) < 4.78 is 3.43. The van der Waals surface area contributed by atoms with E-state index in [0.29, 0.717) is 21.7 Å². The Kier molecular flexibility index (Phi) is 6.84. The fraction of sp³-hybridized carbons (Fsp3) is 0.120. The van der Waals surface area contributed by atoms with Gasteiger partial charge in [0.15, 0.2) is 11.6 Å². The van der Waals surface area contributed by atoms with Gasteiger partial charge in [-0.15, -0.1) is 0 Å². The summed E-state index contributed by atoms with van der Waals surface area (Å²) in [5.74, 6) is 0.503. The van der Waals surface area contributed by atoms with Crippen LogP contribution in [-0.4, -0.2) is 31.4 Å². The summed E-state index contributed by atoms with van der Waals surface area (Å²) in [6.45, 7) is 1.76. The standard InChI is InChI=1S/C25H21N5O3S/c1-18-27-29(25(34)28(18)26-17-19-9-8-14-22(15-19)30(32)33)23(20-10-4-2-5-11-20)16-24(31)21-12-6-3-7-13-21/h2-15,17,23H,16H2,1H3/b26-17+/t23-/m1/s1. The second kappa shape index (κ2) is 10.1. The predicted octanol–water partition coefficient (Wildman–Crippen LogP) is 5.38. The molecule has 1 atom stereocenters. The molecular weight excluding hydrogens is 450 g/mol. The van der Waals surface area contributed by atoms with Crippen molar-refractivity contribution in [2.45, 2.75) is 19.4 Å². The number of ketones is 1. The van der Waals surface area contributed by atoms with E-state index in [-0.39, 0.29) is 17.9 Å². The molecule has 34 heavy (non-hydrogen) atoms. The Morgan fingerprint density at radius 2 is 1.76 bits per heavy atom. The minimum absolute atomic E-state index is 0.0244. The van der Waals surface area contributed by atoms with Crippen molar-refractivity contribution in [1.29, 1.82) is 0 Å². The third-order valence-corrected chi connectivity index (χ3v) is 5.65. The van der Waals surface area contributed by atoms with Crippen molar-refractivity contribution in [1.82, 2.24) is 14.5 Å². The van der Waals surface area contributed by atoms with E-state index in [1.807, 2.05) is 48.5 Å². The second-order valence-corrected chi connectivity index (χ2v) is 7.97. The van der Waals surface area contributed by atoms with Crippen molar-refractivity contribution in [3.05, 3.63) is 122 Å². The maximum Gasteiger partial charge on any atom is 0.270 e. The average Bonchev–Trinajstić information content (AvgIpc) is 3.15. The molecule has 0 N–H and O–H groups in total. The Morgan fingerprint density at radius 1 is 1.09 bits per heavy atom. The molecule has 4 aromatic rings. The molecule has 0 unspecified atom stereocenters. The fourth-order valence-corrected chi connectivity index (χ4v) is 3.94. The first-order valence-electron chi connectivity index (χ1n) is 10.5. The molecule has 0 saturated heterocycles. The lowest BCUT2D eigenvalue weighted by Crippen LogP contribution is -2.17. The molecule has 0 bridgehead atoms. The van der Waals surface area contributed by atoms with E-state index in [4.69, 9.17) is 12.2 Å². The molecule has 170 valence electrons. The van der Waals surface area contributed by atoms with Crippen LogP contribution in [0.1, 0.15) is 39.8 Å². The topological polar surface area (TPSA) is 95.3 Å². The number of carbonyl (C=O) groups excluding carboxylic acids is 1. The smallest absolute Gasteiger partial charge is 0.270 e. The Balaban J connectivity index is 1.70. The van der Waals surface area contributed by atoms with Crippen LogP contribution < -0.4 is 0 Å². The SMILES string of the molecule is Cc1nn([C@H](CC(=O)c2ccccc2)c2ccccc2)c(=S)n1/N=C/c1cccc([N+](=O)[O-])c1. The van der Waals surface area contributed by atoms with Gasteiger partial charge in [0.2, 0.25) is 4.77 Å². The van der Waals surface area contributed by atoms with Crippen LogP contribution in [0.2, 0.25) is 0 Å². The molecule has 0 aliphatic rings. The largest absolute Gasteiger partial charge is 0.294 e. The van der Waals surface area contributed by atoms with Gasteiger partial charge in [0.05, 0.1) is 17.2 Å². The molecule has 0 fully saturated rings. The van der Waals surface area contributed by atoms with E-state index < -0.39 is 11.0 Å². The molecule has 4 rings (SSSR count). The summed E-state index contributed by atoms with van der Waals surface area (Å²) in [4.78, 5) is 23.6. The number of carbonyl (C=O) groups is 1. The van der Waals surface area contributed by atoms with Crippen molar-refractivity contribution >= 4 is 29.9 Å². The summed E-state index contributed by atoms with van der Waals surface area (Å²) in [5.41, 5.74) is 2.05. The van der Waals surface area contributed by atoms with E-state index in [9.17, 15) is 14.9 Å². The van der Waals surface area contributed by atoms with Crippen LogP contribution in [0.15, 0.2) is 90.0 Å². The first kappa shape index (κ1) is 22.9. The number of hydrogen-bond acceptors (Lipinski definition) is 6. The highest BCUT2D eigenvalue weighted by atomic mass is 32.1. The second-order valence-electron chi connectivity index (χ2n) is 7.60. The third kappa shape index (κ3) is 5.05. The first-order chi connectivity index (χ1) is 16.4. The monoisotopic (exact) mass is 471 g/mol. The number of aromatic nitrogens is 3. The summed E-state index contributed by atoms with van der Waals surface area (Å²) in [5, 5.41) is 20.0. The molecule has 1 aromatic heterocycles. The number of hydrogen-bond donors (Lipinski definition) is 0. The molecule has 0 aliphatic carbocycles. The van der Waals surface area contributed by atoms with Gasteiger partial charge < -0.3 is 0 Å². The average molecular weight is 472 g/mol. The first-order valence-corrected chi connectivity index (χ1v) is 10.9. The number of aryl methyl sites for hydroxylation is 1. The van der Waals surface area contributed by atoms with Gasteiger partial charge in [-0.25, -0.2) is 4.68 Å². The van der Waals surface area contributed by atoms with Crippen LogP contribution in [0, 0.1) is 21.8 Å². The summed E-state index contributed by atoms with van der Waals surface area (Å²) in [6.07, 6.45) is 1.67. The zero-order chi connectivity index (χ0) is 24.1. The van der Waals surface area contributed by atoms with Gasteiger partial charge in [0.25, 0.3) is 5.69 Å². The van der Waals surface area contributed by atoms with Gasteiger partial charge in [0.1, 0.15) is 0 Å². The summed E-state index contributed by atoms with van der Waals surface area (Å²) in [6, 6.07) is 24.4. The number of Topliss-reactive ketones (excluding diaryl/α,β-unsaturated/α-hetero) is 1. The Labute approximate surface area is 201 Å². The lowest BCUT2D eigenvalue weighted by atomic mass is 9.98. The van der Waals surface area contributed by atoms with Crippen molar-refractivity contribution in [2.75, 3.05) is 0 Å². The quantitative estimate of drug-likeness (QED) is 0.113. The van der Waals surface area contributed by atoms with Crippen molar-refractivity contribution in [3.63, 3.8) is 0 Å². The van der Waals surface area contributed by atoms with E-state index in [2.05, 4.69) is 10.2 Å². The van der Waals surface area contributed by atoms with Gasteiger partial charge in [-0.3, -0.25) is 14.9 Å². The van der Waals surface area contributed by atoms with Crippen LogP contribution in [0.25, 0.3) is 0 Å². The molecule has 0 spiro atoms. The summed E-state index contributed by atoms with van der Waals surface area (Å²) in [7, 11) is 0. The minimum Gasteiger partial charge on any atom is -0.294 e. The summed E-state index contributed by atoms with van der Waals surface area (Å²) >= 11 is 5.67. The molecule has 3 aromatic carbocycles. The molecule has 0 amide bonds. The number of nitrogens with zero attached hydrogens (tertiary/aromatic N) is 5. The van der Waals surface area contributed by atoms with Crippen LogP contribution in [-0.2, 0) is 0 Å². The Morgan fingerprint density at radius 3 is 2.44 bits per heavy atom. The van der Waals surface area contributed by atoms with Gasteiger partial charge in [-0.05, 0) is 24.7 Å². The Bertz CT molecular complexity index is 1410. The predicted molar refractivity (Wildman–Crippen MR) is 132 cm³/mol. The van der Waals surface area contributed by atoms with Crippen molar-refractivity contribution in [3.8, 4) is 0 Å². The highest BCUT2D eigenvalue weighted by Crippen LogP contribution is 2.25. The van der Waals surface area contributed by atoms with Gasteiger partial charge in [-0.1, -0.05) is 72.8 Å². The van der Waals surface area contributed by atoms with Gasteiger partial charge >= 0.3 is 0 Å². The zero-order valence-corrected chi connectivity index (χ0v) is 19.1. The highest BCUT2D eigenvalue weighted by Gasteiger charge is 2.22. The molecule has 0 radical (unpaired) electrons. The number of nitro groups is 1. The minimum atomic E-state index is -0.458. The van der Waals surface area contributed by atoms with E-state index in [1.165, 1.54) is 23.0 Å². The van der Waals surface area contributed by atoms with Gasteiger partial charge in [0, 0.05) is 29.7 Å². The zero-order valence-electron chi connectivity index (χ0n) is 18.3. The van der Waals surface area contributed by atoms with Crippen molar-refractivity contribution < 1.29 is 9.72 Å². The number of benzene rings is 3. The highest BCUT2D eigenvalue weighted by molar-refractivity contribution is 7.71. The maximum atomic E-state index is 13.0. The van der Waals surface area contributed by atoms with Crippen LogP contribution >= 0.6 is 12.2 Å². The maximum absolute atomic E-state index is 13.0. The molecule has 1 heterocycles. The normalized spacial score (nSPS) is 12.0. The molecule has 8 nitrogen and oxygen atoms in total. The lowest BCUT2D eigenvalue weighted by Gasteiger charge is -2.17. The number of non-ortho nitro benzene ring substituents is 1. The Hall–Kier alpha value is -4.24. The van der Waals surface area contributed by atoms with Gasteiger partial charge in [-0.2, -0.15) is 14.9 Å². The number of rotatable bonds is 8. The third-order valence-electron chi connectivity index (χ3n) is 5.29. The molecule has 9 heteroatoms. The van der Waals surface area contributed by atoms with E-state index >= 15 is 0 Å². The molecule has 0 saturated carbocycles. The van der Waals surface area contributed by atoms with E-state index in [1.54, 1.807) is 35.9 Å². The molecule has 0 aliphatic heterocycles. The fourth-order valence-electron chi connectivity index (χ4n) is 3.59. The molecular formula is C25H21N5O3S. The van der Waals surface area contributed by atoms with Crippen molar-refractivity contribution in [2.24, 2.45) is 5.10 Å². The van der Waals surface area contributed by atoms with Crippen LogP contribution in [0.3, 0.4) is 0 Å². The lowest BCUT2D eigenvalue weighted by molar-refractivity contribution is -0.384. The van der Waals surface area contributed by atoms with E-state index in [0.717, 1.165) is 5.56 Å². The number of nitro benzene ring substituents is 1. The van der Waals surface area contributed by atoms with Crippen LogP contribution in [0.5, 0.6) is 0 Å². The van der Waals surface area contributed by atoms with Crippen LogP contribution in [0.4, 0.5) is 5.69 Å².